The summed E-state index contributed by atoms with van der Waals surface area (Å²) in [6.07, 6.45) is 4.91. The maximum Gasteiger partial charge on any atom is 0.0711 e. The Bertz CT molecular complexity index is 670. The number of likely N-dealkylation sites (tertiary alicyclic amines) is 2. The SMILES string of the molecule is O[C@@H]1CN(C2CCN(Cc3ccccc3)CC2)C[C@H]1Cc1ccccn1. The molecule has 2 aliphatic rings. The Morgan fingerprint density at radius 1 is 0.962 bits per heavy atom. The van der Waals surface area contributed by atoms with Gasteiger partial charge in [0.15, 0.2) is 0 Å². The minimum atomic E-state index is -0.223. The van der Waals surface area contributed by atoms with Crippen molar-refractivity contribution >= 4 is 0 Å². The summed E-state index contributed by atoms with van der Waals surface area (Å²) in [5, 5.41) is 10.5. The molecule has 0 spiro atoms. The highest BCUT2D eigenvalue weighted by Gasteiger charge is 2.36. The zero-order valence-electron chi connectivity index (χ0n) is 15.4. The third-order valence-electron chi connectivity index (χ3n) is 5.95. The molecule has 4 rings (SSSR count). The largest absolute Gasteiger partial charge is 0.391 e. The van der Waals surface area contributed by atoms with E-state index in [1.165, 1.54) is 18.4 Å². The molecule has 1 aromatic heterocycles. The summed E-state index contributed by atoms with van der Waals surface area (Å²) in [5.74, 6) is 0.312. The molecule has 0 radical (unpaired) electrons. The quantitative estimate of drug-likeness (QED) is 0.899. The second kappa shape index (κ2) is 8.30. The number of piperidine rings is 1. The van der Waals surface area contributed by atoms with Gasteiger partial charge in [-0.15, -0.1) is 0 Å². The standard InChI is InChI=1S/C22H29N3O/c26-22-17-25(16-19(22)14-20-8-4-5-11-23-20)21-9-12-24(13-10-21)15-18-6-2-1-3-7-18/h1-8,11,19,21-22,26H,9-10,12-17H2/t19-,22-/m1/s1. The zero-order chi connectivity index (χ0) is 17.8. The van der Waals surface area contributed by atoms with Gasteiger partial charge in [0.25, 0.3) is 0 Å². The van der Waals surface area contributed by atoms with Crippen LogP contribution in [0.4, 0.5) is 0 Å². The Morgan fingerprint density at radius 3 is 2.46 bits per heavy atom. The highest BCUT2D eigenvalue weighted by Crippen LogP contribution is 2.27. The molecule has 138 valence electrons. The Balaban J connectivity index is 1.27. The lowest BCUT2D eigenvalue weighted by atomic mass is 9.99. The van der Waals surface area contributed by atoms with Gasteiger partial charge in [0.05, 0.1) is 6.10 Å². The smallest absolute Gasteiger partial charge is 0.0711 e. The lowest BCUT2D eigenvalue weighted by Gasteiger charge is -2.36. The number of β-amino-alcohol motifs (C(OH)–C–C–N with tert-alkyl or cyclic N) is 1. The van der Waals surface area contributed by atoms with Gasteiger partial charge < -0.3 is 5.11 Å². The maximum absolute atomic E-state index is 10.5. The fourth-order valence-corrected chi connectivity index (χ4v) is 4.46. The third-order valence-corrected chi connectivity index (χ3v) is 5.95. The summed E-state index contributed by atoms with van der Waals surface area (Å²) in [6, 6.07) is 17.4. The lowest BCUT2D eigenvalue weighted by molar-refractivity contribution is 0.104. The van der Waals surface area contributed by atoms with Crippen molar-refractivity contribution in [2.75, 3.05) is 26.2 Å². The molecule has 2 atom stereocenters. The molecule has 0 saturated carbocycles. The molecular weight excluding hydrogens is 322 g/mol. The van der Waals surface area contributed by atoms with E-state index in [1.807, 2.05) is 18.3 Å². The number of nitrogens with zero attached hydrogens (tertiary/aromatic N) is 3. The molecule has 0 unspecified atom stereocenters. The third kappa shape index (κ3) is 4.32. The van der Waals surface area contributed by atoms with Crippen molar-refractivity contribution in [3.8, 4) is 0 Å². The second-order valence-electron chi connectivity index (χ2n) is 7.80. The normalized spacial score (nSPS) is 25.6. The Kier molecular flexibility index (Phi) is 5.63. The predicted octanol–water partition coefficient (Wildman–Crippen LogP) is 2.58. The Hall–Kier alpha value is -1.75. The number of aliphatic hydroxyl groups is 1. The first-order valence-corrected chi connectivity index (χ1v) is 9.86. The molecule has 1 N–H and O–H groups in total. The average Bonchev–Trinajstić information content (AvgIpc) is 3.04. The molecule has 0 bridgehead atoms. The van der Waals surface area contributed by atoms with E-state index in [-0.39, 0.29) is 6.10 Å². The molecule has 2 aliphatic heterocycles. The van der Waals surface area contributed by atoms with Crippen LogP contribution in [0.3, 0.4) is 0 Å². The van der Waals surface area contributed by atoms with Crippen molar-refractivity contribution in [1.29, 1.82) is 0 Å². The van der Waals surface area contributed by atoms with Crippen LogP contribution in [0, 0.1) is 5.92 Å². The molecule has 1 aromatic carbocycles. The van der Waals surface area contributed by atoms with Crippen molar-refractivity contribution in [3.63, 3.8) is 0 Å². The molecule has 2 fully saturated rings. The van der Waals surface area contributed by atoms with Gasteiger partial charge >= 0.3 is 0 Å². The van der Waals surface area contributed by atoms with E-state index in [2.05, 4.69) is 51.2 Å². The fourth-order valence-electron chi connectivity index (χ4n) is 4.46. The van der Waals surface area contributed by atoms with Crippen LogP contribution in [0.2, 0.25) is 0 Å². The van der Waals surface area contributed by atoms with Gasteiger partial charge in [-0.1, -0.05) is 36.4 Å². The molecule has 2 aromatic rings. The van der Waals surface area contributed by atoms with Gasteiger partial charge in [0.2, 0.25) is 0 Å². The summed E-state index contributed by atoms with van der Waals surface area (Å²) in [6.45, 7) is 5.18. The van der Waals surface area contributed by atoms with Crippen molar-refractivity contribution < 1.29 is 5.11 Å². The van der Waals surface area contributed by atoms with Gasteiger partial charge in [-0.3, -0.25) is 14.8 Å². The molecular formula is C22H29N3O. The van der Waals surface area contributed by atoms with Gasteiger partial charge in [-0.2, -0.15) is 0 Å². The van der Waals surface area contributed by atoms with Crippen molar-refractivity contribution in [1.82, 2.24) is 14.8 Å². The van der Waals surface area contributed by atoms with E-state index in [4.69, 9.17) is 0 Å². The average molecular weight is 351 g/mol. The fraction of sp³-hybridized carbons (Fsp3) is 0.500. The van der Waals surface area contributed by atoms with Crippen LogP contribution in [0.25, 0.3) is 0 Å². The van der Waals surface area contributed by atoms with E-state index in [9.17, 15) is 5.11 Å². The zero-order valence-corrected chi connectivity index (χ0v) is 15.4. The molecule has 26 heavy (non-hydrogen) atoms. The lowest BCUT2D eigenvalue weighted by Crippen LogP contribution is -2.44. The van der Waals surface area contributed by atoms with Gasteiger partial charge in [-0.25, -0.2) is 0 Å². The number of aromatic nitrogens is 1. The van der Waals surface area contributed by atoms with Crippen LogP contribution in [-0.4, -0.2) is 58.2 Å². The van der Waals surface area contributed by atoms with Gasteiger partial charge in [0, 0.05) is 43.5 Å². The topological polar surface area (TPSA) is 39.6 Å². The van der Waals surface area contributed by atoms with Crippen LogP contribution < -0.4 is 0 Å². The van der Waals surface area contributed by atoms with Crippen LogP contribution >= 0.6 is 0 Å². The van der Waals surface area contributed by atoms with Crippen LogP contribution in [0.5, 0.6) is 0 Å². The molecule has 2 saturated heterocycles. The molecule has 0 amide bonds. The van der Waals surface area contributed by atoms with Crippen molar-refractivity contribution in [3.05, 3.63) is 66.0 Å². The monoisotopic (exact) mass is 351 g/mol. The van der Waals surface area contributed by atoms with E-state index in [0.717, 1.165) is 44.8 Å². The van der Waals surface area contributed by atoms with E-state index < -0.39 is 0 Å². The summed E-state index contributed by atoms with van der Waals surface area (Å²) in [5.41, 5.74) is 2.49. The minimum absolute atomic E-state index is 0.223. The number of pyridine rings is 1. The van der Waals surface area contributed by atoms with E-state index >= 15 is 0 Å². The summed E-state index contributed by atoms with van der Waals surface area (Å²) >= 11 is 0. The minimum Gasteiger partial charge on any atom is -0.391 e. The Labute approximate surface area is 156 Å². The molecule has 4 heteroatoms. The summed E-state index contributed by atoms with van der Waals surface area (Å²) in [7, 11) is 0. The first-order valence-electron chi connectivity index (χ1n) is 9.86. The highest BCUT2D eigenvalue weighted by atomic mass is 16.3. The molecule has 3 heterocycles. The number of aliphatic hydroxyl groups excluding tert-OH is 1. The van der Waals surface area contributed by atoms with E-state index in [1.54, 1.807) is 0 Å². The van der Waals surface area contributed by atoms with Crippen molar-refractivity contribution in [2.24, 2.45) is 5.92 Å². The van der Waals surface area contributed by atoms with Crippen LogP contribution in [-0.2, 0) is 13.0 Å². The van der Waals surface area contributed by atoms with Gasteiger partial charge in [-0.05, 0) is 50.0 Å². The maximum atomic E-state index is 10.5. The van der Waals surface area contributed by atoms with Crippen LogP contribution in [0.15, 0.2) is 54.7 Å². The number of rotatable bonds is 5. The first kappa shape index (κ1) is 17.7. The summed E-state index contributed by atoms with van der Waals surface area (Å²) in [4.78, 5) is 9.51. The van der Waals surface area contributed by atoms with Crippen LogP contribution in [0.1, 0.15) is 24.1 Å². The van der Waals surface area contributed by atoms with Gasteiger partial charge in [0.1, 0.15) is 0 Å². The number of hydrogen-bond donors (Lipinski definition) is 1. The summed E-state index contributed by atoms with van der Waals surface area (Å²) < 4.78 is 0. The van der Waals surface area contributed by atoms with E-state index in [0.29, 0.717) is 12.0 Å². The van der Waals surface area contributed by atoms with Crippen molar-refractivity contribution in [2.45, 2.75) is 38.0 Å². The Morgan fingerprint density at radius 2 is 1.73 bits per heavy atom. The molecule has 4 nitrogen and oxygen atoms in total. The number of hydrogen-bond acceptors (Lipinski definition) is 4. The highest BCUT2D eigenvalue weighted by molar-refractivity contribution is 5.14. The predicted molar refractivity (Wildman–Crippen MR) is 104 cm³/mol. The first-order chi connectivity index (χ1) is 12.8. The second-order valence-corrected chi connectivity index (χ2v) is 7.80. The molecule has 0 aliphatic carbocycles. The number of benzene rings is 1.